The summed E-state index contributed by atoms with van der Waals surface area (Å²) in [6, 6.07) is -0.117. The number of H-pyrrole nitrogens is 1. The minimum atomic E-state index is -0.117. The summed E-state index contributed by atoms with van der Waals surface area (Å²) in [6.07, 6.45) is 8.13. The maximum absolute atomic E-state index is 11.8. The van der Waals surface area contributed by atoms with Crippen molar-refractivity contribution in [3.8, 4) is 0 Å². The first kappa shape index (κ1) is 9.45. The van der Waals surface area contributed by atoms with Gasteiger partial charge < -0.3 is 4.90 Å². The molecule has 1 amide bonds. The second kappa shape index (κ2) is 3.95. The van der Waals surface area contributed by atoms with E-state index in [1.807, 2.05) is 0 Å². The standard InChI is InChI=1S/C9H11N5O/c1-13(6-8-4-11-12-5-8)9(15)14-3-2-10-7-14/h2-5,7H,6H2,1H3,(H,11,12). The van der Waals surface area contributed by atoms with Gasteiger partial charge in [-0.15, -0.1) is 0 Å². The number of hydrogen-bond donors (Lipinski definition) is 1. The highest BCUT2D eigenvalue weighted by Crippen LogP contribution is 2.01. The number of amides is 1. The molecule has 0 aliphatic heterocycles. The fraction of sp³-hybridized carbons (Fsp3) is 0.222. The predicted octanol–water partition coefficient (Wildman–Crippen LogP) is 0.706. The van der Waals surface area contributed by atoms with E-state index in [9.17, 15) is 4.79 Å². The molecule has 6 nitrogen and oxygen atoms in total. The van der Waals surface area contributed by atoms with E-state index in [-0.39, 0.29) is 6.03 Å². The number of imidazole rings is 1. The minimum absolute atomic E-state index is 0.117. The summed E-state index contributed by atoms with van der Waals surface area (Å²) in [4.78, 5) is 17.2. The van der Waals surface area contributed by atoms with Gasteiger partial charge in [0.2, 0.25) is 0 Å². The Balaban J connectivity index is 2.03. The molecule has 0 radical (unpaired) electrons. The van der Waals surface area contributed by atoms with Gasteiger partial charge in [0.25, 0.3) is 0 Å². The van der Waals surface area contributed by atoms with Gasteiger partial charge >= 0.3 is 6.03 Å². The lowest BCUT2D eigenvalue weighted by Gasteiger charge is -2.15. The van der Waals surface area contributed by atoms with Crippen molar-refractivity contribution in [3.63, 3.8) is 0 Å². The van der Waals surface area contributed by atoms with Gasteiger partial charge in [0.15, 0.2) is 0 Å². The van der Waals surface area contributed by atoms with Gasteiger partial charge in [-0.2, -0.15) is 5.10 Å². The molecule has 0 aliphatic carbocycles. The maximum atomic E-state index is 11.8. The number of carbonyl (C=O) groups is 1. The molecule has 6 heteroatoms. The maximum Gasteiger partial charge on any atom is 0.329 e. The molecule has 0 fully saturated rings. The first-order valence-electron chi connectivity index (χ1n) is 4.48. The van der Waals surface area contributed by atoms with Crippen molar-refractivity contribution in [3.05, 3.63) is 36.7 Å². The summed E-state index contributed by atoms with van der Waals surface area (Å²) in [5.74, 6) is 0. The molecule has 0 aromatic carbocycles. The number of hydrogen-bond acceptors (Lipinski definition) is 3. The van der Waals surface area contributed by atoms with Crippen molar-refractivity contribution < 1.29 is 4.79 Å². The highest BCUT2D eigenvalue weighted by atomic mass is 16.2. The molecule has 1 N–H and O–H groups in total. The summed E-state index contributed by atoms with van der Waals surface area (Å²) in [5.41, 5.74) is 0.964. The Bertz CT molecular complexity index is 419. The Hall–Kier alpha value is -2.11. The van der Waals surface area contributed by atoms with Crippen LogP contribution in [0.3, 0.4) is 0 Å². The minimum Gasteiger partial charge on any atom is -0.323 e. The molecule has 2 heterocycles. The molecule has 0 unspecified atom stereocenters. The van der Waals surface area contributed by atoms with Crippen LogP contribution in [0.15, 0.2) is 31.1 Å². The summed E-state index contributed by atoms with van der Waals surface area (Å²) in [5, 5.41) is 6.52. The Kier molecular flexibility index (Phi) is 2.49. The Labute approximate surface area is 86.5 Å². The first-order chi connectivity index (χ1) is 7.27. The van der Waals surface area contributed by atoms with Crippen molar-refractivity contribution in [2.75, 3.05) is 7.05 Å². The average Bonchev–Trinajstić information content (AvgIpc) is 2.88. The van der Waals surface area contributed by atoms with Crippen LogP contribution in [-0.4, -0.2) is 37.7 Å². The monoisotopic (exact) mass is 205 g/mol. The molecule has 2 aromatic heterocycles. The zero-order chi connectivity index (χ0) is 10.7. The molecule has 0 spiro atoms. The summed E-state index contributed by atoms with van der Waals surface area (Å²) in [6.45, 7) is 0.521. The number of nitrogens with zero attached hydrogens (tertiary/aromatic N) is 4. The van der Waals surface area contributed by atoms with Crippen molar-refractivity contribution in [2.45, 2.75) is 6.54 Å². The van der Waals surface area contributed by atoms with Crippen LogP contribution in [0.25, 0.3) is 0 Å². The van der Waals surface area contributed by atoms with Crippen LogP contribution in [0.1, 0.15) is 5.56 Å². The number of aromatic nitrogens is 4. The van der Waals surface area contributed by atoms with Crippen LogP contribution in [0.4, 0.5) is 4.79 Å². The van der Waals surface area contributed by atoms with Crippen LogP contribution < -0.4 is 0 Å². The summed E-state index contributed by atoms with van der Waals surface area (Å²) in [7, 11) is 1.73. The van der Waals surface area contributed by atoms with E-state index in [1.54, 1.807) is 36.7 Å². The van der Waals surface area contributed by atoms with Gasteiger partial charge in [-0.1, -0.05) is 0 Å². The van der Waals surface area contributed by atoms with E-state index in [1.165, 1.54) is 10.9 Å². The topological polar surface area (TPSA) is 66.8 Å². The third-order valence-electron chi connectivity index (χ3n) is 2.03. The van der Waals surface area contributed by atoms with Crippen molar-refractivity contribution in [1.29, 1.82) is 0 Å². The Morgan fingerprint density at radius 2 is 2.53 bits per heavy atom. The van der Waals surface area contributed by atoms with Crippen molar-refractivity contribution in [1.82, 2.24) is 24.6 Å². The van der Waals surface area contributed by atoms with Crippen molar-refractivity contribution in [2.24, 2.45) is 0 Å². The number of carbonyl (C=O) groups excluding carboxylic acids is 1. The van der Waals surface area contributed by atoms with Gasteiger partial charge in [-0.05, 0) is 0 Å². The molecular formula is C9H11N5O. The van der Waals surface area contributed by atoms with Gasteiger partial charge in [-0.25, -0.2) is 9.78 Å². The molecule has 0 atom stereocenters. The van der Waals surface area contributed by atoms with Crippen LogP contribution in [-0.2, 0) is 6.54 Å². The lowest BCUT2D eigenvalue weighted by atomic mass is 10.3. The highest BCUT2D eigenvalue weighted by Gasteiger charge is 2.10. The Morgan fingerprint density at radius 3 is 3.13 bits per heavy atom. The molecular weight excluding hydrogens is 194 g/mol. The SMILES string of the molecule is CN(Cc1cn[nH]c1)C(=O)n1ccnc1. The quantitative estimate of drug-likeness (QED) is 0.785. The molecule has 2 rings (SSSR count). The number of aromatic amines is 1. The van der Waals surface area contributed by atoms with E-state index in [2.05, 4.69) is 15.2 Å². The van der Waals surface area contributed by atoms with Crippen molar-refractivity contribution >= 4 is 6.03 Å². The molecule has 15 heavy (non-hydrogen) atoms. The Morgan fingerprint density at radius 1 is 1.67 bits per heavy atom. The largest absolute Gasteiger partial charge is 0.329 e. The van der Waals surface area contributed by atoms with E-state index in [0.717, 1.165) is 5.56 Å². The number of rotatable bonds is 2. The normalized spacial score (nSPS) is 10.2. The number of nitrogens with one attached hydrogen (secondary N) is 1. The van der Waals surface area contributed by atoms with E-state index in [4.69, 9.17) is 0 Å². The third kappa shape index (κ3) is 2.04. The molecule has 0 saturated heterocycles. The van der Waals surface area contributed by atoms with E-state index >= 15 is 0 Å². The molecule has 0 aliphatic rings. The van der Waals surface area contributed by atoms with Crippen LogP contribution in [0.5, 0.6) is 0 Å². The first-order valence-corrected chi connectivity index (χ1v) is 4.48. The molecule has 0 saturated carbocycles. The predicted molar refractivity (Wildman–Crippen MR) is 53.1 cm³/mol. The van der Waals surface area contributed by atoms with E-state index < -0.39 is 0 Å². The van der Waals surface area contributed by atoms with Gasteiger partial charge in [0.05, 0.1) is 12.7 Å². The molecule has 0 bridgehead atoms. The van der Waals surface area contributed by atoms with E-state index in [0.29, 0.717) is 6.54 Å². The average molecular weight is 205 g/mol. The highest BCUT2D eigenvalue weighted by molar-refractivity contribution is 5.76. The lowest BCUT2D eigenvalue weighted by molar-refractivity contribution is 0.208. The van der Waals surface area contributed by atoms with Gasteiger partial charge in [0.1, 0.15) is 6.33 Å². The molecule has 2 aromatic rings. The summed E-state index contributed by atoms with van der Waals surface area (Å²) >= 11 is 0. The van der Waals surface area contributed by atoms with Gasteiger partial charge in [-0.3, -0.25) is 9.67 Å². The van der Waals surface area contributed by atoms with Gasteiger partial charge in [0, 0.05) is 31.2 Å². The lowest BCUT2D eigenvalue weighted by Crippen LogP contribution is -2.29. The van der Waals surface area contributed by atoms with Crippen LogP contribution in [0, 0.1) is 0 Å². The second-order valence-electron chi connectivity index (χ2n) is 3.22. The zero-order valence-electron chi connectivity index (χ0n) is 8.29. The van der Waals surface area contributed by atoms with Crippen LogP contribution in [0.2, 0.25) is 0 Å². The fourth-order valence-electron chi connectivity index (χ4n) is 1.27. The third-order valence-corrected chi connectivity index (χ3v) is 2.03. The fourth-order valence-corrected chi connectivity index (χ4v) is 1.27. The summed E-state index contributed by atoms with van der Waals surface area (Å²) < 4.78 is 1.43. The smallest absolute Gasteiger partial charge is 0.323 e. The van der Waals surface area contributed by atoms with Crippen LogP contribution >= 0.6 is 0 Å². The zero-order valence-corrected chi connectivity index (χ0v) is 8.29. The second-order valence-corrected chi connectivity index (χ2v) is 3.22. The molecule has 78 valence electrons.